The van der Waals surface area contributed by atoms with Crippen LogP contribution in [0.5, 0.6) is 11.5 Å². The number of rotatable bonds is 4. The third-order valence-electron chi connectivity index (χ3n) is 4.23. The van der Waals surface area contributed by atoms with Crippen LogP contribution in [0.3, 0.4) is 0 Å². The highest BCUT2D eigenvalue weighted by Gasteiger charge is 2.21. The number of hydrogen-bond acceptors (Lipinski definition) is 6. The zero-order valence-electron chi connectivity index (χ0n) is 12.8. The quantitative estimate of drug-likeness (QED) is 0.335. The van der Waals surface area contributed by atoms with Crippen molar-refractivity contribution >= 4 is 32.9 Å². The molecule has 0 spiro atoms. The predicted molar refractivity (Wildman–Crippen MR) is 93.2 cm³/mol. The lowest BCUT2D eigenvalue weighted by atomic mass is 10.0. The van der Waals surface area contributed by atoms with Gasteiger partial charge in [-0.05, 0) is 37.2 Å². The number of phenols is 1. The van der Waals surface area contributed by atoms with E-state index in [9.17, 15) is 15.0 Å². The number of pyridine rings is 1. The molecular weight excluding hydrogens is 308 g/mol. The lowest BCUT2D eigenvalue weighted by Crippen LogP contribution is -2.09. The number of benzene rings is 2. The summed E-state index contributed by atoms with van der Waals surface area (Å²) in [6.45, 7) is 1.20. The van der Waals surface area contributed by atoms with Crippen LogP contribution >= 0.6 is 0 Å². The number of anilines is 1. The van der Waals surface area contributed by atoms with E-state index in [1.807, 2.05) is 12.1 Å². The summed E-state index contributed by atoms with van der Waals surface area (Å²) in [5, 5.41) is 29.9. The average Bonchev–Trinajstić information content (AvgIpc) is 3.00. The molecule has 0 radical (unpaired) electrons. The van der Waals surface area contributed by atoms with E-state index in [1.54, 1.807) is 6.20 Å². The van der Waals surface area contributed by atoms with Crippen molar-refractivity contribution in [1.82, 2.24) is 9.61 Å². The van der Waals surface area contributed by atoms with E-state index in [4.69, 9.17) is 5.73 Å². The molecule has 0 aliphatic carbocycles. The molecule has 5 N–H and O–H groups in total. The van der Waals surface area contributed by atoms with Crippen LogP contribution in [-0.4, -0.2) is 32.9 Å². The van der Waals surface area contributed by atoms with Gasteiger partial charge in [0, 0.05) is 17.6 Å². The summed E-state index contributed by atoms with van der Waals surface area (Å²) in [6.07, 6.45) is 2.42. The molecule has 0 aliphatic heterocycles. The lowest BCUT2D eigenvalue weighted by molar-refractivity contribution is 0.475. The Morgan fingerprint density at radius 2 is 1.96 bits per heavy atom. The molecule has 0 aliphatic rings. The number of phenolic OH excluding ortho intramolecular Hbond substituents is 1. The molecule has 2 heterocycles. The zero-order chi connectivity index (χ0) is 16.8. The summed E-state index contributed by atoms with van der Waals surface area (Å²) in [4.78, 5) is 12.3. The molecule has 0 fully saturated rings. The van der Waals surface area contributed by atoms with Gasteiger partial charge in [-0.3, -0.25) is 4.79 Å². The third kappa shape index (κ3) is 1.88. The number of fused-ring (bicyclic) bond motifs is 2. The van der Waals surface area contributed by atoms with Crippen molar-refractivity contribution in [2.45, 2.75) is 6.42 Å². The molecule has 2 aromatic heterocycles. The van der Waals surface area contributed by atoms with Crippen LogP contribution in [0.2, 0.25) is 0 Å². The molecule has 7 heteroatoms. The minimum Gasteiger partial charge on any atom is -0.506 e. The zero-order valence-corrected chi connectivity index (χ0v) is 12.8. The van der Waals surface area contributed by atoms with Gasteiger partial charge in [0.2, 0.25) is 0 Å². The van der Waals surface area contributed by atoms with Crippen molar-refractivity contribution in [3.8, 4) is 11.5 Å². The van der Waals surface area contributed by atoms with Crippen molar-refractivity contribution in [3.05, 3.63) is 40.7 Å². The highest BCUT2D eigenvalue weighted by Crippen LogP contribution is 2.40. The van der Waals surface area contributed by atoms with Crippen LogP contribution < -0.4 is 16.5 Å². The fourth-order valence-corrected chi connectivity index (χ4v) is 3.13. The topological polar surface area (TPSA) is 113 Å². The summed E-state index contributed by atoms with van der Waals surface area (Å²) >= 11 is 0. The van der Waals surface area contributed by atoms with E-state index in [2.05, 4.69) is 10.4 Å². The van der Waals surface area contributed by atoms with E-state index in [-0.39, 0.29) is 27.8 Å². The molecular formula is C17H16N4O3. The second kappa shape index (κ2) is 5.24. The van der Waals surface area contributed by atoms with Crippen molar-refractivity contribution in [1.29, 1.82) is 0 Å². The highest BCUT2D eigenvalue weighted by molar-refractivity contribution is 6.13. The van der Waals surface area contributed by atoms with Crippen LogP contribution in [-0.2, 0) is 0 Å². The number of nitrogens with zero attached hydrogens (tertiary/aromatic N) is 2. The summed E-state index contributed by atoms with van der Waals surface area (Å²) < 4.78 is 1.50. The second-order valence-corrected chi connectivity index (χ2v) is 5.71. The maximum atomic E-state index is 12.3. The van der Waals surface area contributed by atoms with Gasteiger partial charge in [0.1, 0.15) is 17.0 Å². The number of aromatic nitrogens is 2. The van der Waals surface area contributed by atoms with E-state index < -0.39 is 0 Å². The summed E-state index contributed by atoms with van der Waals surface area (Å²) in [7, 11) is 0. The average molecular weight is 324 g/mol. The Morgan fingerprint density at radius 1 is 1.12 bits per heavy atom. The van der Waals surface area contributed by atoms with E-state index in [0.29, 0.717) is 29.7 Å². The summed E-state index contributed by atoms with van der Waals surface area (Å²) in [5.41, 5.74) is 6.71. The first-order valence-corrected chi connectivity index (χ1v) is 7.68. The predicted octanol–water partition coefficient (Wildman–Crippen LogP) is 1.61. The Kier molecular flexibility index (Phi) is 3.17. The van der Waals surface area contributed by atoms with Crippen molar-refractivity contribution in [2.75, 3.05) is 18.4 Å². The molecule has 4 aromatic rings. The number of nitrogens with one attached hydrogen (secondary N) is 1. The van der Waals surface area contributed by atoms with Gasteiger partial charge in [-0.1, -0.05) is 0 Å². The molecule has 2 aromatic carbocycles. The maximum absolute atomic E-state index is 12.3. The van der Waals surface area contributed by atoms with Crippen LogP contribution in [0.15, 0.2) is 35.3 Å². The smallest absolute Gasteiger partial charge is 0.192 e. The van der Waals surface area contributed by atoms with Gasteiger partial charge in [-0.2, -0.15) is 5.10 Å². The Bertz CT molecular complexity index is 1120. The molecule has 0 unspecified atom stereocenters. The fraction of sp³-hybridized carbons (Fsp3) is 0.176. The first-order valence-electron chi connectivity index (χ1n) is 7.68. The molecule has 7 nitrogen and oxygen atoms in total. The Hall–Kier alpha value is -3.06. The van der Waals surface area contributed by atoms with Gasteiger partial charge in [0.15, 0.2) is 5.43 Å². The van der Waals surface area contributed by atoms with E-state index in [1.165, 1.54) is 16.6 Å². The fourth-order valence-electron chi connectivity index (χ4n) is 3.13. The van der Waals surface area contributed by atoms with Gasteiger partial charge < -0.3 is 21.3 Å². The van der Waals surface area contributed by atoms with Crippen LogP contribution in [0.4, 0.5) is 5.69 Å². The van der Waals surface area contributed by atoms with Crippen LogP contribution in [0.1, 0.15) is 6.42 Å². The molecule has 0 amide bonds. The third-order valence-corrected chi connectivity index (χ3v) is 4.23. The Morgan fingerprint density at radius 3 is 2.75 bits per heavy atom. The SMILES string of the molecule is NCCCNc1ccc2cnn3c4c(O)ccc(=O)c4c(O)c1c23. The van der Waals surface area contributed by atoms with Gasteiger partial charge in [-0.25, -0.2) is 4.52 Å². The highest BCUT2D eigenvalue weighted by atomic mass is 16.3. The van der Waals surface area contributed by atoms with Gasteiger partial charge in [0.25, 0.3) is 0 Å². The second-order valence-electron chi connectivity index (χ2n) is 5.71. The molecule has 0 atom stereocenters. The van der Waals surface area contributed by atoms with Crippen LogP contribution in [0.25, 0.3) is 27.2 Å². The maximum Gasteiger partial charge on any atom is 0.192 e. The van der Waals surface area contributed by atoms with Crippen molar-refractivity contribution in [3.63, 3.8) is 0 Å². The minimum atomic E-state index is -0.369. The molecule has 0 saturated heterocycles. The van der Waals surface area contributed by atoms with Gasteiger partial charge in [-0.15, -0.1) is 0 Å². The molecule has 0 bridgehead atoms. The number of aromatic hydroxyl groups is 2. The molecule has 24 heavy (non-hydrogen) atoms. The normalized spacial score (nSPS) is 11.7. The first-order chi connectivity index (χ1) is 11.6. The molecule has 4 rings (SSSR count). The van der Waals surface area contributed by atoms with Gasteiger partial charge in [0.05, 0.1) is 22.5 Å². The van der Waals surface area contributed by atoms with Crippen molar-refractivity contribution in [2.24, 2.45) is 5.73 Å². The van der Waals surface area contributed by atoms with Crippen molar-refractivity contribution < 1.29 is 10.2 Å². The Balaban J connectivity index is 2.16. The van der Waals surface area contributed by atoms with E-state index >= 15 is 0 Å². The minimum absolute atomic E-state index is 0.0561. The standard InChI is InChI=1S/C17H16N4O3/c18-6-1-7-19-10-3-2-9-8-20-21-15(9)13(10)17(24)14-11(22)4-5-12(23)16(14)21/h2-5,8,19,23-24H,1,6-7,18H2. The summed E-state index contributed by atoms with van der Waals surface area (Å²) in [6, 6.07) is 6.27. The van der Waals surface area contributed by atoms with Crippen LogP contribution in [0, 0.1) is 0 Å². The lowest BCUT2D eigenvalue weighted by Gasteiger charge is -2.14. The van der Waals surface area contributed by atoms with E-state index in [0.717, 1.165) is 11.8 Å². The molecule has 0 saturated carbocycles. The summed E-state index contributed by atoms with van der Waals surface area (Å²) in [5.74, 6) is -0.256. The van der Waals surface area contributed by atoms with Gasteiger partial charge >= 0.3 is 0 Å². The first kappa shape index (κ1) is 14.5. The number of nitrogens with two attached hydrogens (primary N) is 1. The Labute approximate surface area is 136 Å². The molecule has 122 valence electrons. The monoisotopic (exact) mass is 324 g/mol. The largest absolute Gasteiger partial charge is 0.506 e. The number of hydrogen-bond donors (Lipinski definition) is 4.